The molecular formula is C23H14Cl2F2N2O4. The average Bonchev–Trinajstić information content (AvgIpc) is 3.06. The lowest BCUT2D eigenvalue weighted by Crippen LogP contribution is -2.30. The molecule has 1 N–H and O–H groups in total. The zero-order valence-electron chi connectivity index (χ0n) is 16.9. The van der Waals surface area contributed by atoms with Crippen molar-refractivity contribution in [2.75, 3.05) is 12.0 Å². The number of halogens is 4. The number of benzene rings is 2. The third kappa shape index (κ3) is 3.92. The minimum Gasteiger partial charge on any atom is -0.507 e. The molecule has 1 atom stereocenters. The highest BCUT2D eigenvalue weighted by molar-refractivity contribution is 6.51. The van der Waals surface area contributed by atoms with Crippen LogP contribution < -0.4 is 9.64 Å². The summed E-state index contributed by atoms with van der Waals surface area (Å²) in [7, 11) is 1.36. The number of Topliss-reactive ketones (excluding diaryl/α,β-unsaturated/α-hetero) is 1. The zero-order valence-corrected chi connectivity index (χ0v) is 18.4. The van der Waals surface area contributed by atoms with E-state index in [4.69, 9.17) is 27.9 Å². The van der Waals surface area contributed by atoms with Gasteiger partial charge in [0.2, 0.25) is 0 Å². The molecule has 0 radical (unpaired) electrons. The predicted molar refractivity (Wildman–Crippen MR) is 118 cm³/mol. The molecule has 1 aliphatic heterocycles. The number of aliphatic hydroxyl groups excluding tert-OH is 1. The smallest absolute Gasteiger partial charge is 0.300 e. The van der Waals surface area contributed by atoms with Crippen LogP contribution in [0.5, 0.6) is 5.75 Å². The molecule has 168 valence electrons. The van der Waals surface area contributed by atoms with Gasteiger partial charge in [-0.1, -0.05) is 23.2 Å². The molecule has 1 aromatic heterocycles. The highest BCUT2D eigenvalue weighted by atomic mass is 35.5. The second kappa shape index (κ2) is 8.80. The van der Waals surface area contributed by atoms with Crippen LogP contribution in [0.4, 0.5) is 14.5 Å². The standard InChI is InChI=1S/C23H14Cl2F2N2O4/c1-33-22-14(24)8-12(9-15(22)25)20(30)18-19(11-4-6-28-7-5-11)29(23(32)21(18)31)17-10-13(26)2-3-16(17)27/h2-10,19,30H,1H3/b20-18+. The molecule has 2 heterocycles. The van der Waals surface area contributed by atoms with Gasteiger partial charge in [-0.25, -0.2) is 8.78 Å². The maximum Gasteiger partial charge on any atom is 0.300 e. The van der Waals surface area contributed by atoms with E-state index in [-0.39, 0.29) is 26.9 Å². The maximum atomic E-state index is 14.6. The van der Waals surface area contributed by atoms with E-state index >= 15 is 0 Å². The fourth-order valence-electron chi connectivity index (χ4n) is 3.66. The van der Waals surface area contributed by atoms with Gasteiger partial charge in [0.1, 0.15) is 17.4 Å². The van der Waals surface area contributed by atoms with Crippen molar-refractivity contribution in [2.24, 2.45) is 0 Å². The maximum absolute atomic E-state index is 14.6. The Bertz CT molecular complexity index is 1290. The van der Waals surface area contributed by atoms with Crippen LogP contribution in [-0.2, 0) is 9.59 Å². The molecule has 3 aromatic rings. The lowest BCUT2D eigenvalue weighted by atomic mass is 9.95. The van der Waals surface area contributed by atoms with Crippen LogP contribution in [0.3, 0.4) is 0 Å². The number of carbonyl (C=O) groups excluding carboxylic acids is 2. The number of rotatable bonds is 4. The number of hydrogen-bond acceptors (Lipinski definition) is 5. The largest absolute Gasteiger partial charge is 0.507 e. The third-order valence-corrected chi connectivity index (χ3v) is 5.67. The van der Waals surface area contributed by atoms with E-state index in [0.29, 0.717) is 5.56 Å². The summed E-state index contributed by atoms with van der Waals surface area (Å²) in [5.41, 5.74) is -0.446. The quantitative estimate of drug-likeness (QED) is 0.305. The van der Waals surface area contributed by atoms with Crippen molar-refractivity contribution in [1.29, 1.82) is 0 Å². The molecule has 6 nitrogen and oxygen atoms in total. The fourth-order valence-corrected chi connectivity index (χ4v) is 4.30. The van der Waals surface area contributed by atoms with Crippen LogP contribution in [0.25, 0.3) is 5.76 Å². The Hall–Kier alpha value is -3.49. The van der Waals surface area contributed by atoms with Gasteiger partial charge in [0.15, 0.2) is 5.75 Å². The Morgan fingerprint density at radius 2 is 1.70 bits per heavy atom. The SMILES string of the molecule is COc1c(Cl)cc(/C(O)=C2\C(=O)C(=O)N(c3cc(F)ccc3F)C2c2ccncc2)cc1Cl. The first kappa shape index (κ1) is 22.7. The Labute approximate surface area is 196 Å². The Morgan fingerprint density at radius 3 is 2.30 bits per heavy atom. The van der Waals surface area contributed by atoms with Crippen LogP contribution in [0, 0.1) is 11.6 Å². The minimum atomic E-state index is -1.27. The van der Waals surface area contributed by atoms with E-state index in [1.165, 1.54) is 43.8 Å². The monoisotopic (exact) mass is 490 g/mol. The number of aromatic nitrogens is 1. The molecule has 0 spiro atoms. The molecule has 1 saturated heterocycles. The molecule has 4 rings (SSSR count). The lowest BCUT2D eigenvalue weighted by molar-refractivity contribution is -0.132. The third-order valence-electron chi connectivity index (χ3n) is 5.11. The number of carbonyl (C=O) groups is 2. The van der Waals surface area contributed by atoms with Gasteiger partial charge < -0.3 is 9.84 Å². The highest BCUT2D eigenvalue weighted by Gasteiger charge is 2.48. The van der Waals surface area contributed by atoms with Crippen LogP contribution >= 0.6 is 23.2 Å². The molecule has 0 saturated carbocycles. The minimum absolute atomic E-state index is 0.0302. The van der Waals surface area contributed by atoms with E-state index in [2.05, 4.69) is 4.98 Å². The van der Waals surface area contributed by atoms with Crippen LogP contribution in [0.1, 0.15) is 17.2 Å². The van der Waals surface area contributed by atoms with Crippen LogP contribution in [-0.4, -0.2) is 28.9 Å². The summed E-state index contributed by atoms with van der Waals surface area (Å²) < 4.78 is 33.7. The number of ketones is 1. The van der Waals surface area contributed by atoms with Gasteiger partial charge in [0, 0.05) is 24.0 Å². The Balaban J connectivity index is 1.98. The molecule has 2 aromatic carbocycles. The first-order valence-corrected chi connectivity index (χ1v) is 10.2. The van der Waals surface area contributed by atoms with E-state index in [1.807, 2.05) is 0 Å². The van der Waals surface area contributed by atoms with Gasteiger partial charge >= 0.3 is 0 Å². The molecule has 0 bridgehead atoms. The zero-order chi connectivity index (χ0) is 23.9. The van der Waals surface area contributed by atoms with E-state index in [9.17, 15) is 23.5 Å². The Kier molecular flexibility index (Phi) is 6.05. The van der Waals surface area contributed by atoms with Gasteiger partial charge in [0.25, 0.3) is 11.7 Å². The Morgan fingerprint density at radius 1 is 1.06 bits per heavy atom. The molecule has 0 aliphatic carbocycles. The second-order valence-corrected chi connectivity index (χ2v) is 7.83. The fraction of sp³-hybridized carbons (Fsp3) is 0.0870. The number of nitrogens with zero attached hydrogens (tertiary/aromatic N) is 2. The first-order chi connectivity index (χ1) is 15.7. The number of anilines is 1. The van der Waals surface area contributed by atoms with Crippen molar-refractivity contribution in [2.45, 2.75) is 6.04 Å². The summed E-state index contributed by atoms with van der Waals surface area (Å²) in [6.07, 6.45) is 2.80. The molecule has 1 amide bonds. The lowest BCUT2D eigenvalue weighted by Gasteiger charge is -2.25. The summed E-state index contributed by atoms with van der Waals surface area (Å²) in [5, 5.41) is 11.2. The molecule has 1 aliphatic rings. The van der Waals surface area contributed by atoms with Gasteiger partial charge in [-0.3, -0.25) is 19.5 Å². The predicted octanol–water partition coefficient (Wildman–Crippen LogP) is 5.30. The topological polar surface area (TPSA) is 79.7 Å². The summed E-state index contributed by atoms with van der Waals surface area (Å²) in [6.45, 7) is 0. The number of hydrogen-bond donors (Lipinski definition) is 1. The van der Waals surface area contributed by atoms with E-state index < -0.39 is 40.8 Å². The van der Waals surface area contributed by atoms with Crippen molar-refractivity contribution in [3.8, 4) is 5.75 Å². The molecule has 1 unspecified atom stereocenters. The van der Waals surface area contributed by atoms with Gasteiger partial charge in [-0.15, -0.1) is 0 Å². The second-order valence-electron chi connectivity index (χ2n) is 7.02. The van der Waals surface area contributed by atoms with Crippen molar-refractivity contribution in [3.63, 3.8) is 0 Å². The number of aliphatic hydroxyl groups is 1. The van der Waals surface area contributed by atoms with Crippen molar-refractivity contribution in [1.82, 2.24) is 4.98 Å². The van der Waals surface area contributed by atoms with Gasteiger partial charge in [-0.05, 0) is 42.0 Å². The van der Waals surface area contributed by atoms with Crippen LogP contribution in [0.15, 0.2) is 60.4 Å². The molecule has 33 heavy (non-hydrogen) atoms. The van der Waals surface area contributed by atoms with Gasteiger partial charge in [0.05, 0.1) is 34.5 Å². The molecular weight excluding hydrogens is 477 g/mol. The van der Waals surface area contributed by atoms with Crippen molar-refractivity contribution < 1.29 is 28.2 Å². The normalized spacial score (nSPS) is 17.5. The molecule has 10 heteroatoms. The summed E-state index contributed by atoms with van der Waals surface area (Å²) >= 11 is 12.3. The number of amides is 1. The van der Waals surface area contributed by atoms with Crippen molar-refractivity contribution in [3.05, 3.63) is 93.2 Å². The number of methoxy groups -OCH3 is 1. The van der Waals surface area contributed by atoms with Crippen molar-refractivity contribution >= 4 is 46.3 Å². The highest BCUT2D eigenvalue weighted by Crippen LogP contribution is 2.44. The summed E-state index contributed by atoms with van der Waals surface area (Å²) in [5.74, 6) is -4.42. The molecule has 1 fully saturated rings. The van der Waals surface area contributed by atoms with E-state index in [0.717, 1.165) is 23.1 Å². The first-order valence-electron chi connectivity index (χ1n) is 9.44. The van der Waals surface area contributed by atoms with Gasteiger partial charge in [-0.2, -0.15) is 0 Å². The number of pyridine rings is 1. The van der Waals surface area contributed by atoms with E-state index in [1.54, 1.807) is 0 Å². The van der Waals surface area contributed by atoms with Crippen LogP contribution in [0.2, 0.25) is 10.0 Å². The number of ether oxygens (including phenoxy) is 1. The summed E-state index contributed by atoms with van der Waals surface area (Å²) in [6, 6.07) is 6.85. The average molecular weight is 491 g/mol. The summed E-state index contributed by atoms with van der Waals surface area (Å²) in [4.78, 5) is 30.7.